The van der Waals surface area contributed by atoms with Crippen LogP contribution in [-0.2, 0) is 33.3 Å². The van der Waals surface area contributed by atoms with Crippen molar-refractivity contribution in [3.8, 4) is 0 Å². The SMILES string of the molecule is C.CC[C@H]1OC=C[C@@H](C)[C@@H]1C.CC[C@H]1O[C@H](O[C@H]2CC[C@@]3(C)C(=CC[C@H]4[C@@H]5CC[C@H](/C(C)=C/CCCC(=O)OC)[C@@]5(C)CC[C@@H]43)C2)C=C[C@@H]1C.COC(=O)CCC/C=C(\C)[C@H]1CC[C@H]2[C@@H]3CC=C4C[C@@H](O)CC[C@]4(C)[C@H]3CC[C@]12C. The molecule has 10 rings (SSSR count). The Morgan fingerprint density at radius 3 is 1.65 bits per heavy atom. The number of carbonyl (C=O) groups excluding carboxylic acids is 2. The molecular formula is C72H116O8. The third kappa shape index (κ3) is 13.6. The number of carbonyl (C=O) groups is 2. The van der Waals surface area contributed by atoms with E-state index < -0.39 is 0 Å². The van der Waals surface area contributed by atoms with E-state index in [2.05, 4.69) is 119 Å². The number of aliphatic hydroxyl groups is 1. The second-order valence-electron chi connectivity index (χ2n) is 28.4. The monoisotopic (exact) mass is 1110 g/mol. The maximum absolute atomic E-state index is 11.5. The quantitative estimate of drug-likeness (QED) is 0.104. The van der Waals surface area contributed by atoms with E-state index in [-0.39, 0.29) is 44.0 Å². The molecule has 0 spiro atoms. The summed E-state index contributed by atoms with van der Waals surface area (Å²) in [7, 11) is 2.95. The van der Waals surface area contributed by atoms with Crippen molar-refractivity contribution in [2.24, 2.45) is 86.8 Å². The fraction of sp³-hybridized carbons (Fsp3) is 0.806. The predicted octanol–water partition coefficient (Wildman–Crippen LogP) is 18.0. The van der Waals surface area contributed by atoms with Crippen LogP contribution in [0.5, 0.6) is 0 Å². The van der Waals surface area contributed by atoms with Gasteiger partial charge in [-0.15, -0.1) is 0 Å². The van der Waals surface area contributed by atoms with E-state index >= 15 is 0 Å². The van der Waals surface area contributed by atoms with Gasteiger partial charge in [-0.1, -0.05) is 122 Å². The summed E-state index contributed by atoms with van der Waals surface area (Å²) in [6.07, 6.45) is 46.0. The highest BCUT2D eigenvalue weighted by atomic mass is 16.7. The Morgan fingerprint density at radius 1 is 0.637 bits per heavy atom. The zero-order chi connectivity index (χ0) is 56.9. The molecule has 1 N–H and O–H groups in total. The standard InChI is InChI=1S/C35H54O4.C27H42O3.C9H16O.CH4/c1-7-31-24(3)12-17-33(39-31)38-26-18-20-34(4)25(22-26)13-14-27-29-16-15-28(35(29,5)21-19-30(27)34)23(2)10-8-9-11-32(36)37-6;1-18(7-5-6-8-25(29)30-4)22-11-12-23-21-10-9-19-17-20(28)13-15-26(19,2)24(21)14-16-27(22,23)3;1-4-9-8(3)7(2)5-6-10-9;/h10,12-13,17,24,26-31,33H,7-9,11,14-16,18-22H2,1-6H3;7,9,20-24,28H,5-6,8,10-17H2,1-4H3;5-9H,4H2,1-3H3;1H4/b23-10+;18-7+;;/t24-,26-,27-,28+,29-,30-,31+,33-,34-,35+;20-,21-,22+,23-,24-,26-,27+;7-,8+,9-;/m001./s1. The van der Waals surface area contributed by atoms with E-state index in [1.54, 1.807) is 22.3 Å². The van der Waals surface area contributed by atoms with E-state index in [9.17, 15) is 14.7 Å². The number of hydrogen-bond acceptors (Lipinski definition) is 8. The van der Waals surface area contributed by atoms with Crippen molar-refractivity contribution in [1.82, 2.24) is 0 Å². The molecule has 8 heteroatoms. The molecule has 2 heterocycles. The topological polar surface area (TPSA) is 101 Å². The fourth-order valence-corrected chi connectivity index (χ4v) is 19.4. The van der Waals surface area contributed by atoms with Crippen molar-refractivity contribution in [3.63, 3.8) is 0 Å². The fourth-order valence-electron chi connectivity index (χ4n) is 19.4. The molecule has 6 saturated carbocycles. The van der Waals surface area contributed by atoms with Crippen molar-refractivity contribution in [2.75, 3.05) is 14.2 Å². The average molecular weight is 1110 g/mol. The summed E-state index contributed by atoms with van der Waals surface area (Å²) in [4.78, 5) is 22.9. The van der Waals surface area contributed by atoms with Crippen LogP contribution >= 0.6 is 0 Å². The lowest BCUT2D eigenvalue weighted by Crippen LogP contribution is -2.50. The molecule has 0 radical (unpaired) electrons. The van der Waals surface area contributed by atoms with E-state index in [1.807, 2.05) is 6.26 Å². The molecule has 8 aliphatic carbocycles. The molecule has 20 atom stereocenters. The van der Waals surface area contributed by atoms with Crippen LogP contribution in [0.1, 0.15) is 238 Å². The highest BCUT2D eigenvalue weighted by molar-refractivity contribution is 5.69. The summed E-state index contributed by atoms with van der Waals surface area (Å²) in [5.41, 5.74) is 7.90. The maximum Gasteiger partial charge on any atom is 0.305 e. The molecule has 80 heavy (non-hydrogen) atoms. The van der Waals surface area contributed by atoms with Gasteiger partial charge in [0.05, 0.1) is 38.8 Å². The van der Waals surface area contributed by atoms with E-state index in [1.165, 1.54) is 91.3 Å². The van der Waals surface area contributed by atoms with Crippen LogP contribution in [0.25, 0.3) is 0 Å². The van der Waals surface area contributed by atoms with Crippen molar-refractivity contribution >= 4 is 11.9 Å². The van der Waals surface area contributed by atoms with Gasteiger partial charge in [0, 0.05) is 18.8 Å². The van der Waals surface area contributed by atoms with Crippen molar-refractivity contribution < 1.29 is 38.4 Å². The second kappa shape index (κ2) is 27.8. The Hall–Kier alpha value is -2.94. The molecule has 6 fully saturated rings. The smallest absolute Gasteiger partial charge is 0.305 e. The van der Waals surface area contributed by atoms with E-state index in [4.69, 9.17) is 23.7 Å². The number of rotatable bonds is 14. The molecule has 2 aliphatic heterocycles. The Morgan fingerprint density at radius 2 is 1.15 bits per heavy atom. The first-order valence-corrected chi connectivity index (χ1v) is 32.6. The molecular weight excluding hydrogens is 993 g/mol. The molecule has 0 aromatic rings. The number of aliphatic hydroxyl groups excluding tert-OH is 1. The van der Waals surface area contributed by atoms with Gasteiger partial charge in [-0.2, -0.15) is 0 Å². The third-order valence-corrected chi connectivity index (χ3v) is 24.4. The van der Waals surface area contributed by atoms with Gasteiger partial charge in [-0.25, -0.2) is 0 Å². The highest BCUT2D eigenvalue weighted by Gasteiger charge is 2.60. The minimum atomic E-state index is -0.181. The predicted molar refractivity (Wildman–Crippen MR) is 327 cm³/mol. The lowest BCUT2D eigenvalue weighted by atomic mass is 9.47. The largest absolute Gasteiger partial charge is 0.498 e. The average Bonchev–Trinajstić information content (AvgIpc) is 4.01. The second-order valence-corrected chi connectivity index (χ2v) is 28.4. The molecule has 452 valence electrons. The summed E-state index contributed by atoms with van der Waals surface area (Å²) in [6, 6.07) is 0. The molecule has 10 aliphatic rings. The van der Waals surface area contributed by atoms with Gasteiger partial charge in [-0.3, -0.25) is 9.59 Å². The maximum atomic E-state index is 11.5. The summed E-state index contributed by atoms with van der Waals surface area (Å²) in [5, 5.41) is 10.2. The summed E-state index contributed by atoms with van der Waals surface area (Å²) in [5.74, 6) is 7.98. The minimum Gasteiger partial charge on any atom is -0.498 e. The Bertz CT molecular complexity index is 2250. The number of methoxy groups -OCH3 is 2. The van der Waals surface area contributed by atoms with E-state index in [0.717, 1.165) is 99.7 Å². The van der Waals surface area contributed by atoms with Crippen LogP contribution < -0.4 is 0 Å². The van der Waals surface area contributed by atoms with Crippen LogP contribution in [0, 0.1) is 86.8 Å². The molecule has 0 aromatic heterocycles. The summed E-state index contributed by atoms with van der Waals surface area (Å²) in [6.45, 7) is 26.1. The van der Waals surface area contributed by atoms with Crippen LogP contribution in [0.4, 0.5) is 0 Å². The Balaban J connectivity index is 0.000000199. The molecule has 0 unspecified atom stereocenters. The van der Waals surface area contributed by atoms with Gasteiger partial charge in [0.15, 0.2) is 6.29 Å². The summed E-state index contributed by atoms with van der Waals surface area (Å²) < 4.78 is 27.8. The van der Waals surface area contributed by atoms with Gasteiger partial charge in [-0.05, 0) is 248 Å². The number of fused-ring (bicyclic) bond motifs is 10. The van der Waals surface area contributed by atoms with Gasteiger partial charge < -0.3 is 28.8 Å². The van der Waals surface area contributed by atoms with E-state index in [0.29, 0.717) is 70.2 Å². The Kier molecular flexibility index (Phi) is 22.5. The first kappa shape index (κ1) is 64.6. The van der Waals surface area contributed by atoms with Crippen LogP contribution in [0.3, 0.4) is 0 Å². The van der Waals surface area contributed by atoms with Gasteiger partial charge >= 0.3 is 11.9 Å². The molecule has 0 saturated heterocycles. The van der Waals surface area contributed by atoms with Crippen LogP contribution in [-0.4, -0.2) is 62.0 Å². The number of ether oxygens (including phenoxy) is 5. The Labute approximate surface area is 488 Å². The van der Waals surface area contributed by atoms with Gasteiger partial charge in [0.2, 0.25) is 0 Å². The number of unbranched alkanes of at least 4 members (excludes halogenated alkanes) is 2. The van der Waals surface area contributed by atoms with Gasteiger partial charge in [0.25, 0.3) is 0 Å². The number of allylic oxidation sites excluding steroid dienone is 7. The third-order valence-electron chi connectivity index (χ3n) is 24.4. The van der Waals surface area contributed by atoms with Crippen LogP contribution in [0.2, 0.25) is 0 Å². The minimum absolute atomic E-state index is 0. The van der Waals surface area contributed by atoms with Crippen molar-refractivity contribution in [1.29, 1.82) is 0 Å². The summed E-state index contributed by atoms with van der Waals surface area (Å²) >= 11 is 0. The molecule has 0 bridgehead atoms. The first-order valence-electron chi connectivity index (χ1n) is 32.6. The zero-order valence-corrected chi connectivity index (χ0v) is 52.1. The number of esters is 2. The first-order chi connectivity index (χ1) is 37.7. The lowest BCUT2D eigenvalue weighted by Gasteiger charge is -2.58. The molecule has 0 amide bonds. The van der Waals surface area contributed by atoms with Crippen molar-refractivity contribution in [3.05, 3.63) is 71.1 Å². The highest BCUT2D eigenvalue weighted by Crippen LogP contribution is 2.69. The molecule has 0 aromatic carbocycles. The zero-order valence-electron chi connectivity index (χ0n) is 52.1. The van der Waals surface area contributed by atoms with Gasteiger partial charge in [0.1, 0.15) is 6.10 Å². The number of hydrogen-bond donors (Lipinski definition) is 1. The van der Waals surface area contributed by atoms with Crippen molar-refractivity contribution in [2.45, 2.75) is 268 Å². The normalized spacial score (nSPS) is 42.5. The molecule has 8 nitrogen and oxygen atoms in total. The van der Waals surface area contributed by atoms with Crippen LogP contribution in [0.15, 0.2) is 71.1 Å². The lowest BCUT2D eigenvalue weighted by molar-refractivity contribution is -0.188.